The first kappa shape index (κ1) is 16.7. The minimum absolute atomic E-state index is 0.0623. The van der Waals surface area contributed by atoms with Gasteiger partial charge in [-0.3, -0.25) is 0 Å². The molecule has 1 saturated carbocycles. The highest BCUT2D eigenvalue weighted by Gasteiger charge is 2.56. The molecule has 0 heterocycles. The number of aliphatic hydroxyl groups is 1. The first-order valence-electron chi connectivity index (χ1n) is 6.96. The zero-order valence-electron chi connectivity index (χ0n) is 13.1. The number of carbonyl (C=O) groups is 1. The van der Waals surface area contributed by atoms with Crippen molar-refractivity contribution in [2.75, 3.05) is 14.2 Å². The van der Waals surface area contributed by atoms with Gasteiger partial charge in [0.2, 0.25) is 0 Å². The van der Waals surface area contributed by atoms with Gasteiger partial charge in [-0.15, -0.1) is 0 Å². The molecule has 0 aromatic heterocycles. The Labute approximate surface area is 134 Å². The Hall–Kier alpha value is -2.70. The van der Waals surface area contributed by atoms with Crippen LogP contribution in [0.15, 0.2) is 12.1 Å². The summed E-state index contributed by atoms with van der Waals surface area (Å²) in [7, 11) is 2.84. The molecule has 2 rings (SSSR count). The molecule has 0 unspecified atom stereocenters. The maximum Gasteiger partial charge on any atom is 0.337 e. The summed E-state index contributed by atoms with van der Waals surface area (Å²) in [5, 5.41) is 28.9. The molecule has 0 bridgehead atoms. The molecule has 1 aliphatic rings. The normalized spacial score (nSPS) is 17.0. The second kappa shape index (κ2) is 5.83. The van der Waals surface area contributed by atoms with Crippen molar-refractivity contribution in [3.8, 4) is 29.4 Å². The molecule has 6 heteroatoms. The molecule has 6 nitrogen and oxygen atoms in total. The number of methoxy groups -OCH3 is 2. The number of hydrogen-bond acceptors (Lipinski definition) is 5. The van der Waals surface area contributed by atoms with Gasteiger partial charge in [0.15, 0.2) is 11.5 Å². The second-order valence-electron chi connectivity index (χ2n) is 5.57. The van der Waals surface area contributed by atoms with E-state index in [0.717, 1.165) is 0 Å². The predicted octanol–water partition coefficient (Wildman–Crippen LogP) is 1.81. The van der Waals surface area contributed by atoms with Crippen molar-refractivity contribution in [3.63, 3.8) is 0 Å². The molecule has 0 spiro atoms. The van der Waals surface area contributed by atoms with Crippen LogP contribution in [0.25, 0.3) is 0 Å². The van der Waals surface area contributed by atoms with Crippen LogP contribution >= 0.6 is 0 Å². The highest BCUT2D eigenvalue weighted by atomic mass is 16.5. The first-order chi connectivity index (χ1) is 10.8. The van der Waals surface area contributed by atoms with Gasteiger partial charge in [-0.25, -0.2) is 4.79 Å². The highest BCUT2D eigenvalue weighted by Crippen LogP contribution is 2.53. The van der Waals surface area contributed by atoms with Crippen molar-refractivity contribution in [1.82, 2.24) is 0 Å². The van der Waals surface area contributed by atoms with Crippen LogP contribution in [0.2, 0.25) is 0 Å². The number of rotatable bonds is 4. The fraction of sp³-hybridized carbons (Fsp3) is 0.412. The van der Waals surface area contributed by atoms with Gasteiger partial charge in [0, 0.05) is 11.6 Å². The van der Waals surface area contributed by atoms with Crippen LogP contribution in [-0.4, -0.2) is 36.0 Å². The van der Waals surface area contributed by atoms with E-state index in [2.05, 4.69) is 17.9 Å². The zero-order chi connectivity index (χ0) is 17.3. The Morgan fingerprint density at radius 2 is 1.87 bits per heavy atom. The summed E-state index contributed by atoms with van der Waals surface area (Å²) in [4.78, 5) is 11.4. The standard InChI is InChI=1S/C17H17NO5/c1-16(21,17(10-18)6-7-17)5-4-11-8-13(22-2)14(23-3)9-12(11)15(19)20/h8-9,21H,6-7H2,1-3H3,(H,19,20)/t16-/m1/s1. The largest absolute Gasteiger partial charge is 0.493 e. The molecule has 1 fully saturated rings. The number of hydrogen-bond donors (Lipinski definition) is 2. The summed E-state index contributed by atoms with van der Waals surface area (Å²) in [6.45, 7) is 1.47. The van der Waals surface area contributed by atoms with E-state index in [1.807, 2.05) is 0 Å². The van der Waals surface area contributed by atoms with Crippen molar-refractivity contribution < 1.29 is 24.5 Å². The first-order valence-corrected chi connectivity index (χ1v) is 6.96. The van der Waals surface area contributed by atoms with Crippen LogP contribution in [0.1, 0.15) is 35.7 Å². The lowest BCUT2D eigenvalue weighted by molar-refractivity contribution is 0.0676. The minimum atomic E-state index is -1.51. The Morgan fingerprint density at radius 1 is 1.30 bits per heavy atom. The SMILES string of the molecule is COc1cc(C#C[C@@](C)(O)C2(C#N)CC2)c(C(=O)O)cc1OC. The maximum atomic E-state index is 11.4. The third-order valence-electron chi connectivity index (χ3n) is 4.09. The van der Waals surface area contributed by atoms with Gasteiger partial charge >= 0.3 is 5.97 Å². The van der Waals surface area contributed by atoms with Crippen molar-refractivity contribution in [3.05, 3.63) is 23.3 Å². The summed E-state index contributed by atoms with van der Waals surface area (Å²) in [5.41, 5.74) is -2.26. The van der Waals surface area contributed by atoms with Gasteiger partial charge < -0.3 is 19.7 Å². The molecular weight excluding hydrogens is 298 g/mol. The molecule has 1 aromatic carbocycles. The number of nitrogens with zero attached hydrogens (tertiary/aromatic N) is 1. The highest BCUT2D eigenvalue weighted by molar-refractivity contribution is 5.92. The quantitative estimate of drug-likeness (QED) is 0.822. The van der Waals surface area contributed by atoms with Crippen LogP contribution < -0.4 is 9.47 Å². The van der Waals surface area contributed by atoms with E-state index in [4.69, 9.17) is 9.47 Å². The summed E-state index contributed by atoms with van der Waals surface area (Å²) in [5.74, 6) is 4.75. The van der Waals surface area contributed by atoms with Gasteiger partial charge in [0.1, 0.15) is 5.60 Å². The van der Waals surface area contributed by atoms with Gasteiger partial charge in [-0.2, -0.15) is 5.26 Å². The van der Waals surface area contributed by atoms with E-state index in [0.29, 0.717) is 18.6 Å². The Morgan fingerprint density at radius 3 is 2.30 bits per heavy atom. The lowest BCUT2D eigenvalue weighted by Gasteiger charge is -2.21. The Balaban J connectivity index is 2.50. The average Bonchev–Trinajstić information content (AvgIpc) is 3.33. The monoisotopic (exact) mass is 315 g/mol. The summed E-state index contributed by atoms with van der Waals surface area (Å²) >= 11 is 0. The number of carboxylic acid groups (broad SMARTS) is 1. The van der Waals surface area contributed by atoms with Crippen LogP contribution in [-0.2, 0) is 0 Å². The zero-order valence-corrected chi connectivity index (χ0v) is 13.1. The van der Waals surface area contributed by atoms with E-state index in [1.54, 1.807) is 0 Å². The van der Waals surface area contributed by atoms with Gasteiger partial charge in [0.25, 0.3) is 0 Å². The van der Waals surface area contributed by atoms with E-state index in [9.17, 15) is 20.3 Å². The molecule has 0 aliphatic heterocycles. The Kier molecular flexibility index (Phi) is 4.22. The molecule has 23 heavy (non-hydrogen) atoms. The molecule has 0 amide bonds. The van der Waals surface area contributed by atoms with Crippen molar-refractivity contribution in [1.29, 1.82) is 5.26 Å². The van der Waals surface area contributed by atoms with Gasteiger partial charge in [-0.05, 0) is 25.8 Å². The number of nitriles is 1. The predicted molar refractivity (Wildman–Crippen MR) is 81.3 cm³/mol. The van der Waals surface area contributed by atoms with E-state index < -0.39 is 17.0 Å². The number of aromatic carboxylic acids is 1. The van der Waals surface area contributed by atoms with Crippen molar-refractivity contribution >= 4 is 5.97 Å². The molecule has 1 atom stereocenters. The minimum Gasteiger partial charge on any atom is -0.493 e. The Bertz CT molecular complexity index is 745. The second-order valence-corrected chi connectivity index (χ2v) is 5.57. The van der Waals surface area contributed by atoms with Gasteiger partial charge in [0.05, 0.1) is 31.3 Å². The topological polar surface area (TPSA) is 99.8 Å². The number of carboxylic acids is 1. The van der Waals surface area contributed by atoms with Crippen molar-refractivity contribution in [2.45, 2.75) is 25.4 Å². The molecule has 1 aliphatic carbocycles. The van der Waals surface area contributed by atoms with Crippen LogP contribution in [0.4, 0.5) is 0 Å². The molecule has 120 valence electrons. The average molecular weight is 315 g/mol. The van der Waals surface area contributed by atoms with Crippen LogP contribution in [0.5, 0.6) is 11.5 Å². The summed E-state index contributed by atoms with van der Waals surface area (Å²) in [6, 6.07) is 4.85. The van der Waals surface area contributed by atoms with Crippen LogP contribution in [0, 0.1) is 28.6 Å². The van der Waals surface area contributed by atoms with Crippen molar-refractivity contribution in [2.24, 2.45) is 5.41 Å². The molecule has 1 aromatic rings. The third kappa shape index (κ3) is 2.94. The fourth-order valence-corrected chi connectivity index (χ4v) is 2.30. The van der Waals surface area contributed by atoms with E-state index in [1.165, 1.54) is 33.3 Å². The molecular formula is C17H17NO5. The summed E-state index contributed by atoms with van der Waals surface area (Å²) in [6.07, 6.45) is 1.14. The van der Waals surface area contributed by atoms with E-state index >= 15 is 0 Å². The molecule has 0 radical (unpaired) electrons. The van der Waals surface area contributed by atoms with Gasteiger partial charge in [-0.1, -0.05) is 11.8 Å². The smallest absolute Gasteiger partial charge is 0.337 e. The van der Waals surface area contributed by atoms with Crippen LogP contribution in [0.3, 0.4) is 0 Å². The molecule has 2 N–H and O–H groups in total. The summed E-state index contributed by atoms with van der Waals surface area (Å²) < 4.78 is 10.2. The number of benzene rings is 1. The fourth-order valence-electron chi connectivity index (χ4n) is 2.30. The third-order valence-corrected chi connectivity index (χ3v) is 4.09. The number of ether oxygens (including phenoxy) is 2. The maximum absolute atomic E-state index is 11.4. The molecule has 0 saturated heterocycles. The van der Waals surface area contributed by atoms with E-state index in [-0.39, 0.29) is 16.9 Å². The lowest BCUT2D eigenvalue weighted by atomic mass is 9.87. The lowest BCUT2D eigenvalue weighted by Crippen LogP contribution is -2.33.